The summed E-state index contributed by atoms with van der Waals surface area (Å²) >= 11 is 0.926. The van der Waals surface area contributed by atoms with Crippen molar-refractivity contribution in [3.8, 4) is 0 Å². The number of carbonyl (C=O) groups is 1. The number of primary amides is 1. The summed E-state index contributed by atoms with van der Waals surface area (Å²) in [6.07, 6.45) is 1.22. The molecule has 0 aliphatic rings. The molecule has 1 heterocycles. The molecule has 1 aromatic heterocycles. The molecule has 0 aliphatic heterocycles. The number of amides is 2. The maximum Gasteiger partial charge on any atom is 0.347 e. The zero-order valence-electron chi connectivity index (χ0n) is 8.71. The molecule has 0 bridgehead atoms. The largest absolute Gasteiger partial charge is 0.383 e. The van der Waals surface area contributed by atoms with E-state index < -0.39 is 21.5 Å². The van der Waals surface area contributed by atoms with Crippen LogP contribution in [0.25, 0.3) is 0 Å². The topological polar surface area (TPSA) is 132 Å². The van der Waals surface area contributed by atoms with Crippen LogP contribution in [0.3, 0.4) is 0 Å². The summed E-state index contributed by atoms with van der Waals surface area (Å²) in [6.45, 7) is 3.05. The quantitative estimate of drug-likeness (QED) is 0.701. The zero-order valence-corrected chi connectivity index (χ0v) is 10.3. The van der Waals surface area contributed by atoms with Crippen molar-refractivity contribution in [1.29, 1.82) is 0 Å². The number of urea groups is 1. The minimum Gasteiger partial charge on any atom is -0.383 e. The molecule has 9 heteroatoms. The second kappa shape index (κ2) is 4.09. The van der Waals surface area contributed by atoms with E-state index in [0.29, 0.717) is 5.01 Å². The minimum absolute atomic E-state index is 0.100. The maximum atomic E-state index is 11.7. The van der Waals surface area contributed by atoms with E-state index >= 15 is 0 Å². The van der Waals surface area contributed by atoms with Gasteiger partial charge in [0.05, 0.1) is 6.20 Å². The second-order valence-electron chi connectivity index (χ2n) is 3.54. The molecule has 0 saturated heterocycles. The van der Waals surface area contributed by atoms with Gasteiger partial charge in [0.25, 0.3) is 0 Å². The Balaban J connectivity index is 3.23. The Labute approximate surface area is 96.8 Å². The Bertz CT molecular complexity index is 522. The Kier molecular flexibility index (Phi) is 3.33. The van der Waals surface area contributed by atoms with Crippen LogP contribution >= 0.6 is 11.3 Å². The fourth-order valence-corrected chi connectivity index (χ4v) is 2.89. The lowest BCUT2D eigenvalue weighted by atomic mass is 10.2. The number of aliphatic hydroxyl groups is 1. The molecule has 5 N–H and O–H groups in total. The first-order valence-corrected chi connectivity index (χ1v) is 6.55. The van der Waals surface area contributed by atoms with Crippen LogP contribution in [0.4, 0.5) is 4.79 Å². The van der Waals surface area contributed by atoms with Crippen molar-refractivity contribution < 1.29 is 14.1 Å². The molecule has 16 heavy (non-hydrogen) atoms. The van der Waals surface area contributed by atoms with Gasteiger partial charge in [-0.25, -0.2) is 19.1 Å². The highest BCUT2D eigenvalue weighted by Crippen LogP contribution is 2.27. The van der Waals surface area contributed by atoms with Gasteiger partial charge in [-0.2, -0.15) is 0 Å². The monoisotopic (exact) mass is 264 g/mol. The lowest BCUT2D eigenvalue weighted by molar-refractivity contribution is 0.0783. The SMILES string of the molecule is CC(C)(O)c1ncc(S(N)(=O)=NC(N)=O)s1. The van der Waals surface area contributed by atoms with Crippen molar-refractivity contribution in [2.45, 2.75) is 23.7 Å². The van der Waals surface area contributed by atoms with Crippen LogP contribution in [0.15, 0.2) is 14.8 Å². The summed E-state index contributed by atoms with van der Waals surface area (Å²) in [4.78, 5) is 14.4. The molecular weight excluding hydrogens is 252 g/mol. The Hall–Kier alpha value is -1.03. The number of rotatable bonds is 2. The standard InChI is InChI=1S/C7H12N4O3S2/c1-7(2,13)5-10-3-4(15-5)16(9,14)11-6(8)12/h3,13H,1-2H3,(H4,8,9,11,12,14). The van der Waals surface area contributed by atoms with E-state index in [-0.39, 0.29) is 4.21 Å². The molecule has 0 aromatic carbocycles. The highest BCUT2D eigenvalue weighted by molar-refractivity contribution is 7.93. The van der Waals surface area contributed by atoms with Crippen LogP contribution in [0, 0.1) is 0 Å². The van der Waals surface area contributed by atoms with E-state index in [0.717, 1.165) is 11.3 Å². The summed E-state index contributed by atoms with van der Waals surface area (Å²) in [5.74, 6) is 0. The van der Waals surface area contributed by atoms with Gasteiger partial charge in [0.15, 0.2) is 9.92 Å². The molecule has 2 amide bonds. The summed E-state index contributed by atoms with van der Waals surface area (Å²) in [5.41, 5.74) is 3.62. The van der Waals surface area contributed by atoms with Crippen molar-refractivity contribution in [3.63, 3.8) is 0 Å². The van der Waals surface area contributed by atoms with Gasteiger partial charge in [0.2, 0.25) is 0 Å². The maximum absolute atomic E-state index is 11.7. The van der Waals surface area contributed by atoms with Gasteiger partial charge >= 0.3 is 6.03 Å². The number of hydrogen-bond donors (Lipinski definition) is 3. The first-order chi connectivity index (χ1) is 7.13. The van der Waals surface area contributed by atoms with Gasteiger partial charge in [-0.1, -0.05) is 0 Å². The van der Waals surface area contributed by atoms with E-state index in [1.807, 2.05) is 0 Å². The van der Waals surface area contributed by atoms with Crippen molar-refractivity contribution in [1.82, 2.24) is 4.98 Å². The molecule has 7 nitrogen and oxygen atoms in total. The van der Waals surface area contributed by atoms with E-state index in [1.165, 1.54) is 20.0 Å². The van der Waals surface area contributed by atoms with Crippen molar-refractivity contribution in [2.75, 3.05) is 0 Å². The Morgan fingerprint density at radius 2 is 2.25 bits per heavy atom. The summed E-state index contributed by atoms with van der Waals surface area (Å²) in [5, 5.41) is 15.3. The number of carbonyl (C=O) groups excluding carboxylic acids is 1. The van der Waals surface area contributed by atoms with Crippen LogP contribution in [0.5, 0.6) is 0 Å². The molecule has 0 radical (unpaired) electrons. The predicted octanol–water partition coefficient (Wildman–Crippen LogP) is 0.150. The normalized spacial score (nSPS) is 15.5. The first-order valence-electron chi connectivity index (χ1n) is 4.16. The molecule has 1 unspecified atom stereocenters. The molecule has 1 aromatic rings. The van der Waals surface area contributed by atoms with Crippen molar-refractivity contribution >= 4 is 27.3 Å². The van der Waals surface area contributed by atoms with Crippen LogP contribution in [0.2, 0.25) is 0 Å². The van der Waals surface area contributed by atoms with E-state index in [2.05, 4.69) is 9.35 Å². The molecule has 0 spiro atoms. The van der Waals surface area contributed by atoms with Crippen molar-refractivity contribution in [2.24, 2.45) is 15.2 Å². The molecular formula is C7H12N4O3S2. The highest BCUT2D eigenvalue weighted by atomic mass is 32.2. The van der Waals surface area contributed by atoms with E-state index in [4.69, 9.17) is 10.9 Å². The number of thiazole rings is 1. The number of nitrogens with zero attached hydrogens (tertiary/aromatic N) is 2. The summed E-state index contributed by atoms with van der Waals surface area (Å²) < 4.78 is 14.9. The second-order valence-corrected chi connectivity index (χ2v) is 6.59. The Morgan fingerprint density at radius 3 is 2.62 bits per heavy atom. The smallest absolute Gasteiger partial charge is 0.347 e. The average molecular weight is 264 g/mol. The third kappa shape index (κ3) is 2.98. The molecule has 90 valence electrons. The van der Waals surface area contributed by atoms with Gasteiger partial charge in [-0.05, 0) is 13.8 Å². The van der Waals surface area contributed by atoms with Crippen LogP contribution in [-0.4, -0.2) is 20.3 Å². The number of aromatic nitrogens is 1. The van der Waals surface area contributed by atoms with Gasteiger partial charge < -0.3 is 10.8 Å². The molecule has 0 fully saturated rings. The lowest BCUT2D eigenvalue weighted by Gasteiger charge is -2.12. The van der Waals surface area contributed by atoms with E-state index in [1.54, 1.807) is 0 Å². The number of nitrogens with two attached hydrogens (primary N) is 2. The van der Waals surface area contributed by atoms with Crippen LogP contribution in [0.1, 0.15) is 18.9 Å². The van der Waals surface area contributed by atoms with Gasteiger partial charge in [0.1, 0.15) is 14.8 Å². The molecule has 0 saturated carbocycles. The van der Waals surface area contributed by atoms with Gasteiger partial charge in [0, 0.05) is 0 Å². The first kappa shape index (κ1) is 13.0. The molecule has 1 atom stereocenters. The van der Waals surface area contributed by atoms with Gasteiger partial charge in [-0.15, -0.1) is 15.7 Å². The fourth-order valence-electron chi connectivity index (χ4n) is 0.856. The molecule has 0 aliphatic carbocycles. The minimum atomic E-state index is -3.35. The van der Waals surface area contributed by atoms with E-state index in [9.17, 15) is 14.1 Å². The fraction of sp³-hybridized carbons (Fsp3) is 0.429. The van der Waals surface area contributed by atoms with Gasteiger partial charge in [-0.3, -0.25) is 0 Å². The third-order valence-corrected chi connectivity index (χ3v) is 4.73. The summed E-state index contributed by atoms with van der Waals surface area (Å²) in [7, 11) is -3.35. The lowest BCUT2D eigenvalue weighted by Crippen LogP contribution is -2.16. The number of hydrogen-bond acceptors (Lipinski definition) is 5. The van der Waals surface area contributed by atoms with Crippen molar-refractivity contribution in [3.05, 3.63) is 11.2 Å². The highest BCUT2D eigenvalue weighted by Gasteiger charge is 2.23. The van der Waals surface area contributed by atoms with Crippen LogP contribution in [-0.2, 0) is 15.5 Å². The summed E-state index contributed by atoms with van der Waals surface area (Å²) in [6, 6.07) is -1.11. The third-order valence-electron chi connectivity index (χ3n) is 1.52. The zero-order chi connectivity index (χ0) is 12.6. The predicted molar refractivity (Wildman–Crippen MR) is 60.0 cm³/mol. The Morgan fingerprint density at radius 1 is 1.69 bits per heavy atom. The molecule has 1 rings (SSSR count). The average Bonchev–Trinajstić information content (AvgIpc) is 2.47. The van der Waals surface area contributed by atoms with Crippen LogP contribution < -0.4 is 10.9 Å².